The third kappa shape index (κ3) is 0.788. The summed E-state index contributed by atoms with van der Waals surface area (Å²) in [7, 11) is 0. The predicted octanol–water partition coefficient (Wildman–Crippen LogP) is 0.736. The molecule has 0 aromatic rings. The van der Waals surface area contributed by atoms with Gasteiger partial charge in [0.05, 0.1) is 6.10 Å². The molecule has 3 saturated carbocycles. The smallest absolute Gasteiger partial charge is 0.136 e. The molecule has 3 aliphatic carbocycles. The number of carbonyl (C=O) groups is 1. The molecule has 0 aliphatic heterocycles. The minimum atomic E-state index is -0.170. The van der Waals surface area contributed by atoms with Crippen molar-refractivity contribution in [2.75, 3.05) is 0 Å². The minimum Gasteiger partial charge on any atom is -0.393 e. The monoisotopic (exact) mass is 140 g/mol. The molecule has 0 heterocycles. The summed E-state index contributed by atoms with van der Waals surface area (Å²) >= 11 is 0. The maximum absolute atomic E-state index is 11.1. The van der Waals surface area contributed by atoms with Crippen LogP contribution in [0.25, 0.3) is 0 Å². The zero-order valence-electron chi connectivity index (χ0n) is 5.92. The number of hydrogen-bond acceptors (Lipinski definition) is 2. The number of ketones is 1. The summed E-state index contributed by atoms with van der Waals surface area (Å²) in [6.45, 7) is 0. The molecule has 0 saturated heterocycles. The Morgan fingerprint density at radius 2 is 2.20 bits per heavy atom. The summed E-state index contributed by atoms with van der Waals surface area (Å²) in [5.74, 6) is 0.902. The van der Waals surface area contributed by atoms with Crippen LogP contribution in [0.15, 0.2) is 0 Å². The van der Waals surface area contributed by atoms with Crippen LogP contribution in [0, 0.1) is 11.8 Å². The second-order valence-corrected chi connectivity index (χ2v) is 3.51. The van der Waals surface area contributed by atoms with E-state index in [1.165, 1.54) is 0 Å². The fourth-order valence-electron chi connectivity index (χ4n) is 2.17. The highest BCUT2D eigenvalue weighted by Gasteiger charge is 2.39. The predicted molar refractivity (Wildman–Crippen MR) is 36.5 cm³/mol. The molecular formula is C8H12O2. The van der Waals surface area contributed by atoms with E-state index in [1.54, 1.807) is 0 Å². The molecule has 2 bridgehead atoms. The Labute approximate surface area is 60.2 Å². The lowest BCUT2D eigenvalue weighted by atomic mass is 9.68. The van der Waals surface area contributed by atoms with Crippen LogP contribution in [0.2, 0.25) is 0 Å². The van der Waals surface area contributed by atoms with Gasteiger partial charge in [0.1, 0.15) is 5.78 Å². The van der Waals surface area contributed by atoms with Crippen molar-refractivity contribution in [1.29, 1.82) is 0 Å². The van der Waals surface area contributed by atoms with Gasteiger partial charge in [-0.15, -0.1) is 0 Å². The van der Waals surface area contributed by atoms with Crippen LogP contribution in [0.1, 0.15) is 25.7 Å². The molecule has 0 radical (unpaired) electrons. The second-order valence-electron chi connectivity index (χ2n) is 3.51. The zero-order chi connectivity index (χ0) is 7.14. The van der Waals surface area contributed by atoms with Crippen molar-refractivity contribution in [1.82, 2.24) is 0 Å². The van der Waals surface area contributed by atoms with Crippen molar-refractivity contribution in [2.45, 2.75) is 31.8 Å². The topological polar surface area (TPSA) is 37.3 Å². The van der Waals surface area contributed by atoms with E-state index in [0.29, 0.717) is 18.1 Å². The molecule has 0 aromatic carbocycles. The first kappa shape index (κ1) is 6.35. The summed E-state index contributed by atoms with van der Waals surface area (Å²) in [6.07, 6.45) is 3.31. The van der Waals surface area contributed by atoms with Crippen molar-refractivity contribution in [3.8, 4) is 0 Å². The minimum absolute atomic E-state index is 0.170. The van der Waals surface area contributed by atoms with Gasteiger partial charge in [-0.2, -0.15) is 0 Å². The Morgan fingerprint density at radius 3 is 2.50 bits per heavy atom. The molecule has 0 spiro atoms. The molecule has 0 amide bonds. The Bertz CT molecular complexity index is 165. The summed E-state index contributed by atoms with van der Waals surface area (Å²) in [5.41, 5.74) is 0. The van der Waals surface area contributed by atoms with E-state index in [4.69, 9.17) is 0 Å². The summed E-state index contributed by atoms with van der Waals surface area (Å²) in [6, 6.07) is 0. The average Bonchev–Trinajstić information content (AvgIpc) is 1.91. The first-order valence-corrected chi connectivity index (χ1v) is 3.98. The molecule has 10 heavy (non-hydrogen) atoms. The quantitative estimate of drug-likeness (QED) is 0.538. The van der Waals surface area contributed by atoms with Crippen LogP contribution in [0.5, 0.6) is 0 Å². The molecule has 3 atom stereocenters. The molecule has 3 rings (SSSR count). The van der Waals surface area contributed by atoms with E-state index in [9.17, 15) is 9.90 Å². The van der Waals surface area contributed by atoms with Gasteiger partial charge >= 0.3 is 0 Å². The maximum atomic E-state index is 11.1. The number of Topliss-reactive ketones (excluding diaryl/α,β-unsaturated/α-hetero) is 1. The van der Waals surface area contributed by atoms with Gasteiger partial charge < -0.3 is 5.11 Å². The molecule has 1 N–H and O–H groups in total. The highest BCUT2D eigenvalue weighted by molar-refractivity contribution is 5.82. The lowest BCUT2D eigenvalue weighted by molar-refractivity contribution is -0.134. The van der Waals surface area contributed by atoms with Gasteiger partial charge in [-0.05, 0) is 25.2 Å². The molecular weight excluding hydrogens is 128 g/mol. The fraction of sp³-hybridized carbons (Fsp3) is 0.875. The van der Waals surface area contributed by atoms with Crippen LogP contribution in [0.3, 0.4) is 0 Å². The molecule has 3 aliphatic rings. The van der Waals surface area contributed by atoms with Gasteiger partial charge in [-0.25, -0.2) is 0 Å². The Morgan fingerprint density at radius 1 is 1.40 bits per heavy atom. The molecule has 2 heteroatoms. The van der Waals surface area contributed by atoms with Crippen LogP contribution in [-0.2, 0) is 4.79 Å². The molecule has 2 nitrogen and oxygen atoms in total. The normalized spacial score (nSPS) is 46.1. The fourth-order valence-corrected chi connectivity index (χ4v) is 2.17. The van der Waals surface area contributed by atoms with Crippen LogP contribution in [0.4, 0.5) is 0 Å². The van der Waals surface area contributed by atoms with Gasteiger partial charge in [0.2, 0.25) is 0 Å². The highest BCUT2D eigenvalue weighted by atomic mass is 16.3. The lowest BCUT2D eigenvalue weighted by Crippen LogP contribution is -2.40. The lowest BCUT2D eigenvalue weighted by Gasteiger charge is -2.38. The maximum Gasteiger partial charge on any atom is 0.136 e. The van der Waals surface area contributed by atoms with E-state index in [1.807, 2.05) is 0 Å². The Hall–Kier alpha value is -0.370. The van der Waals surface area contributed by atoms with Gasteiger partial charge in [-0.3, -0.25) is 4.79 Å². The summed E-state index contributed by atoms with van der Waals surface area (Å²) in [4.78, 5) is 11.1. The van der Waals surface area contributed by atoms with Crippen LogP contribution >= 0.6 is 0 Å². The molecule has 56 valence electrons. The van der Waals surface area contributed by atoms with E-state index >= 15 is 0 Å². The van der Waals surface area contributed by atoms with Crippen molar-refractivity contribution >= 4 is 5.78 Å². The SMILES string of the molecule is O=C1C[C@@H]2CC[C@H]1C[C@@H]2O. The Balaban J connectivity index is 2.16. The highest BCUT2D eigenvalue weighted by Crippen LogP contribution is 2.38. The number of fused-ring (bicyclic) bond motifs is 3. The van der Waals surface area contributed by atoms with Crippen LogP contribution in [-0.4, -0.2) is 17.0 Å². The van der Waals surface area contributed by atoms with E-state index in [-0.39, 0.29) is 12.0 Å². The summed E-state index contributed by atoms with van der Waals surface area (Å²) in [5, 5.41) is 9.36. The first-order valence-electron chi connectivity index (χ1n) is 3.98. The van der Waals surface area contributed by atoms with Crippen LogP contribution < -0.4 is 0 Å². The summed E-state index contributed by atoms with van der Waals surface area (Å²) < 4.78 is 0. The standard InChI is InChI=1S/C8H12O2/c9-7-4-6-2-1-5(7)3-8(6)10/h5-7,9H,1-4H2/t5-,6-,7-/m0/s1. The first-order chi connectivity index (χ1) is 4.77. The third-order valence-electron chi connectivity index (χ3n) is 2.87. The number of rotatable bonds is 0. The van der Waals surface area contributed by atoms with Crippen molar-refractivity contribution in [3.63, 3.8) is 0 Å². The van der Waals surface area contributed by atoms with Gasteiger partial charge in [0.15, 0.2) is 0 Å². The second kappa shape index (κ2) is 2.06. The Kier molecular flexibility index (Phi) is 1.31. The van der Waals surface area contributed by atoms with Crippen molar-refractivity contribution in [2.24, 2.45) is 11.8 Å². The number of carbonyl (C=O) groups excluding carboxylic acids is 1. The van der Waals surface area contributed by atoms with E-state index < -0.39 is 0 Å². The number of hydrogen-bond donors (Lipinski definition) is 1. The number of aliphatic hydroxyl groups excluding tert-OH is 1. The van der Waals surface area contributed by atoms with E-state index in [2.05, 4.69) is 0 Å². The molecule has 0 aromatic heterocycles. The largest absolute Gasteiger partial charge is 0.393 e. The van der Waals surface area contributed by atoms with Gasteiger partial charge in [-0.1, -0.05) is 0 Å². The van der Waals surface area contributed by atoms with Gasteiger partial charge in [0, 0.05) is 12.3 Å². The van der Waals surface area contributed by atoms with Crippen molar-refractivity contribution in [3.05, 3.63) is 0 Å². The van der Waals surface area contributed by atoms with E-state index in [0.717, 1.165) is 19.3 Å². The molecule has 3 fully saturated rings. The van der Waals surface area contributed by atoms with Gasteiger partial charge in [0.25, 0.3) is 0 Å². The van der Waals surface area contributed by atoms with Crippen molar-refractivity contribution < 1.29 is 9.90 Å². The number of aliphatic hydroxyl groups is 1. The zero-order valence-corrected chi connectivity index (χ0v) is 5.92. The molecule has 0 unspecified atom stereocenters. The average molecular weight is 140 g/mol. The third-order valence-corrected chi connectivity index (χ3v) is 2.87.